The molecular weight excluding hydrogens is 352 g/mol. The number of anilines is 1. The van der Waals surface area contributed by atoms with Crippen LogP contribution in [0.25, 0.3) is 10.2 Å². The number of methoxy groups -OCH3 is 1. The van der Waals surface area contributed by atoms with Crippen molar-refractivity contribution in [1.82, 2.24) is 4.98 Å². The van der Waals surface area contributed by atoms with Gasteiger partial charge in [-0.2, -0.15) is 0 Å². The number of esters is 1. The molecule has 2 aromatic carbocycles. The van der Waals surface area contributed by atoms with Gasteiger partial charge in [0.15, 0.2) is 11.7 Å². The Morgan fingerprint density at radius 2 is 2.00 bits per heavy atom. The largest absolute Gasteiger partial charge is 0.497 e. The van der Waals surface area contributed by atoms with Crippen LogP contribution in [0.1, 0.15) is 0 Å². The smallest absolute Gasteiger partial charge is 0.344 e. The number of nitrogens with zero attached hydrogens (tertiary/aromatic N) is 2. The van der Waals surface area contributed by atoms with Crippen molar-refractivity contribution in [3.8, 4) is 11.5 Å². The van der Waals surface area contributed by atoms with Gasteiger partial charge in [0.05, 0.1) is 30.4 Å². The molecule has 0 amide bonds. The molecule has 1 aromatic heterocycles. The molecule has 3 aromatic rings. The van der Waals surface area contributed by atoms with Gasteiger partial charge in [0.2, 0.25) is 0 Å². The van der Waals surface area contributed by atoms with Gasteiger partial charge in [-0.05, 0) is 24.3 Å². The van der Waals surface area contributed by atoms with Crippen molar-refractivity contribution in [3.05, 3.63) is 48.5 Å². The monoisotopic (exact) mass is 370 g/mol. The summed E-state index contributed by atoms with van der Waals surface area (Å²) in [7, 11) is 1.58. The maximum absolute atomic E-state index is 11.9. The number of para-hydroxylation sites is 1. The summed E-state index contributed by atoms with van der Waals surface area (Å²) in [4.78, 5) is 18.7. The van der Waals surface area contributed by atoms with Crippen molar-refractivity contribution in [3.63, 3.8) is 0 Å². The molecule has 0 N–H and O–H groups in total. The van der Waals surface area contributed by atoms with Crippen molar-refractivity contribution in [2.45, 2.75) is 6.10 Å². The summed E-state index contributed by atoms with van der Waals surface area (Å²) in [5.41, 5.74) is 1.000. The zero-order valence-electron chi connectivity index (χ0n) is 14.3. The lowest BCUT2D eigenvalue weighted by Gasteiger charge is -2.38. The third-order valence-corrected chi connectivity index (χ3v) is 5.19. The van der Waals surface area contributed by atoms with Crippen LogP contribution in [0.3, 0.4) is 0 Å². The fraction of sp³-hybridized carbons (Fsp3) is 0.263. The first-order chi connectivity index (χ1) is 12.7. The number of benzene rings is 2. The zero-order valence-corrected chi connectivity index (χ0v) is 15.1. The molecule has 0 saturated carbocycles. The molecule has 1 fully saturated rings. The van der Waals surface area contributed by atoms with Crippen LogP contribution < -0.4 is 14.4 Å². The van der Waals surface area contributed by atoms with Gasteiger partial charge < -0.3 is 19.1 Å². The molecule has 134 valence electrons. The lowest BCUT2D eigenvalue weighted by molar-refractivity contribution is -0.152. The number of ether oxygens (including phenoxy) is 3. The van der Waals surface area contributed by atoms with E-state index in [0.29, 0.717) is 24.6 Å². The molecule has 1 aliphatic rings. The number of hydrogen-bond acceptors (Lipinski definition) is 7. The Morgan fingerprint density at radius 1 is 1.19 bits per heavy atom. The quantitative estimate of drug-likeness (QED) is 0.622. The maximum atomic E-state index is 11.9. The van der Waals surface area contributed by atoms with Crippen molar-refractivity contribution < 1.29 is 19.0 Å². The number of fused-ring (bicyclic) bond motifs is 1. The fourth-order valence-electron chi connectivity index (χ4n) is 2.72. The molecular formula is C19H18N2O4S. The second-order valence-electron chi connectivity index (χ2n) is 5.95. The summed E-state index contributed by atoms with van der Waals surface area (Å²) >= 11 is 1.65. The standard InChI is InChI=1S/C19H18N2O4S/c1-23-13-5-4-6-14(9-13)24-12-18(22)25-15-10-21(11-15)19-20-16-7-2-3-8-17(16)26-19/h2-9,15H,10-12H2,1H3. The molecule has 0 aliphatic carbocycles. The molecule has 0 bridgehead atoms. The molecule has 4 rings (SSSR count). The Kier molecular flexibility index (Phi) is 4.62. The van der Waals surface area contributed by atoms with E-state index in [4.69, 9.17) is 14.2 Å². The third kappa shape index (κ3) is 3.57. The van der Waals surface area contributed by atoms with Gasteiger partial charge in [-0.15, -0.1) is 0 Å². The summed E-state index contributed by atoms with van der Waals surface area (Å²) in [5.74, 6) is 0.883. The van der Waals surface area contributed by atoms with Gasteiger partial charge in [-0.3, -0.25) is 0 Å². The van der Waals surface area contributed by atoms with Crippen LogP contribution in [-0.2, 0) is 9.53 Å². The Balaban J connectivity index is 1.25. The Bertz CT molecular complexity index is 888. The van der Waals surface area contributed by atoms with Crippen LogP contribution in [-0.4, -0.2) is 43.9 Å². The van der Waals surface area contributed by atoms with E-state index in [2.05, 4.69) is 16.0 Å². The highest BCUT2D eigenvalue weighted by molar-refractivity contribution is 7.22. The van der Waals surface area contributed by atoms with Crippen LogP contribution in [0.5, 0.6) is 11.5 Å². The highest BCUT2D eigenvalue weighted by Crippen LogP contribution is 2.31. The van der Waals surface area contributed by atoms with E-state index in [1.54, 1.807) is 36.6 Å². The van der Waals surface area contributed by atoms with Crippen LogP contribution in [0, 0.1) is 0 Å². The van der Waals surface area contributed by atoms with E-state index in [9.17, 15) is 4.79 Å². The molecule has 2 heterocycles. The molecule has 0 unspecified atom stereocenters. The lowest BCUT2D eigenvalue weighted by Crippen LogP contribution is -2.53. The number of rotatable bonds is 6. The van der Waals surface area contributed by atoms with Crippen LogP contribution in [0.2, 0.25) is 0 Å². The second kappa shape index (κ2) is 7.21. The highest BCUT2D eigenvalue weighted by Gasteiger charge is 2.32. The minimum atomic E-state index is -0.373. The van der Waals surface area contributed by atoms with E-state index in [-0.39, 0.29) is 18.7 Å². The summed E-state index contributed by atoms with van der Waals surface area (Å²) < 4.78 is 17.2. The van der Waals surface area contributed by atoms with E-state index in [1.165, 1.54) is 0 Å². The van der Waals surface area contributed by atoms with Gasteiger partial charge in [-0.25, -0.2) is 9.78 Å². The molecule has 0 atom stereocenters. The fourth-order valence-corrected chi connectivity index (χ4v) is 3.70. The van der Waals surface area contributed by atoms with Crippen LogP contribution >= 0.6 is 11.3 Å². The predicted octanol–water partition coefficient (Wildman–Crippen LogP) is 3.12. The second-order valence-corrected chi connectivity index (χ2v) is 6.96. The molecule has 0 radical (unpaired) electrons. The SMILES string of the molecule is COc1cccc(OCC(=O)OC2CN(c3nc4ccccc4s3)C2)c1. The topological polar surface area (TPSA) is 60.9 Å². The van der Waals surface area contributed by atoms with Crippen molar-refractivity contribution in [1.29, 1.82) is 0 Å². The van der Waals surface area contributed by atoms with E-state index >= 15 is 0 Å². The average molecular weight is 370 g/mol. The summed E-state index contributed by atoms with van der Waals surface area (Å²) in [5, 5.41) is 0.964. The molecule has 0 spiro atoms. The molecule has 1 aliphatic heterocycles. The Hall–Kier alpha value is -2.80. The lowest BCUT2D eigenvalue weighted by atomic mass is 10.2. The molecule has 26 heavy (non-hydrogen) atoms. The Labute approximate surface area is 154 Å². The number of hydrogen-bond donors (Lipinski definition) is 0. The zero-order chi connectivity index (χ0) is 17.9. The molecule has 7 heteroatoms. The van der Waals surface area contributed by atoms with Gasteiger partial charge >= 0.3 is 5.97 Å². The van der Waals surface area contributed by atoms with E-state index in [0.717, 1.165) is 15.3 Å². The van der Waals surface area contributed by atoms with Gasteiger partial charge in [-0.1, -0.05) is 29.5 Å². The number of aromatic nitrogens is 1. The normalized spacial score (nSPS) is 14.1. The minimum absolute atomic E-state index is 0.120. The van der Waals surface area contributed by atoms with E-state index in [1.807, 2.05) is 24.3 Å². The van der Waals surface area contributed by atoms with Gasteiger partial charge in [0.25, 0.3) is 0 Å². The molecule has 1 saturated heterocycles. The molecule has 6 nitrogen and oxygen atoms in total. The van der Waals surface area contributed by atoms with E-state index < -0.39 is 0 Å². The maximum Gasteiger partial charge on any atom is 0.344 e. The average Bonchev–Trinajstić information content (AvgIpc) is 3.06. The first-order valence-corrected chi connectivity index (χ1v) is 9.10. The predicted molar refractivity (Wildman–Crippen MR) is 100 cm³/mol. The number of thiazole rings is 1. The van der Waals surface area contributed by atoms with Gasteiger partial charge in [0, 0.05) is 6.07 Å². The number of carbonyl (C=O) groups is 1. The van der Waals surface area contributed by atoms with Gasteiger partial charge in [0.1, 0.15) is 17.6 Å². The summed E-state index contributed by atoms with van der Waals surface area (Å²) in [6.07, 6.45) is -0.122. The number of carbonyl (C=O) groups excluding carboxylic acids is 1. The minimum Gasteiger partial charge on any atom is -0.497 e. The summed E-state index contributed by atoms with van der Waals surface area (Å²) in [6, 6.07) is 15.2. The first-order valence-electron chi connectivity index (χ1n) is 8.28. The Morgan fingerprint density at radius 3 is 2.81 bits per heavy atom. The highest BCUT2D eigenvalue weighted by atomic mass is 32.1. The van der Waals surface area contributed by atoms with Crippen molar-refractivity contribution >= 4 is 32.7 Å². The first kappa shape index (κ1) is 16.7. The third-order valence-electron chi connectivity index (χ3n) is 4.10. The summed E-state index contributed by atoms with van der Waals surface area (Å²) in [6.45, 7) is 1.19. The van der Waals surface area contributed by atoms with Crippen LogP contribution in [0.15, 0.2) is 48.5 Å². The van der Waals surface area contributed by atoms with Crippen LogP contribution in [0.4, 0.5) is 5.13 Å². The van der Waals surface area contributed by atoms with Crippen molar-refractivity contribution in [2.75, 3.05) is 31.7 Å². The van der Waals surface area contributed by atoms with Crippen molar-refractivity contribution in [2.24, 2.45) is 0 Å².